The van der Waals surface area contributed by atoms with Crippen LogP contribution in [0.2, 0.25) is 0 Å². The Labute approximate surface area is 285 Å². The predicted octanol–water partition coefficient (Wildman–Crippen LogP) is 8.68. The molecule has 9 nitrogen and oxygen atoms in total. The molecule has 49 heavy (non-hydrogen) atoms. The number of aryl methyl sites for hydroxylation is 1. The van der Waals surface area contributed by atoms with E-state index in [4.69, 9.17) is 0 Å². The Morgan fingerprint density at radius 2 is 0.878 bits per heavy atom. The SMILES string of the molecule is Cc1ccc(Nc2ccc(C(=C3C=CC(=Nc4ccc(S(=O)(=O)O)cc4)C=C3)c3ccc(Nc4ccc(S(=O)(=O)O)cc4)cc3)cc2)cc1. The molecule has 5 aromatic carbocycles. The second kappa shape index (κ2) is 13.9. The maximum Gasteiger partial charge on any atom is 0.294 e. The summed E-state index contributed by atoms with van der Waals surface area (Å²) in [4.78, 5) is 4.21. The number of hydrogen-bond acceptors (Lipinski definition) is 7. The van der Waals surface area contributed by atoms with Gasteiger partial charge in [0.05, 0.1) is 21.2 Å². The van der Waals surface area contributed by atoms with Gasteiger partial charge in [0.25, 0.3) is 20.2 Å². The van der Waals surface area contributed by atoms with Gasteiger partial charge in [0.1, 0.15) is 0 Å². The largest absolute Gasteiger partial charge is 0.356 e. The van der Waals surface area contributed by atoms with Crippen molar-refractivity contribution in [2.75, 3.05) is 10.6 Å². The van der Waals surface area contributed by atoms with Crippen LogP contribution in [0.1, 0.15) is 16.7 Å². The van der Waals surface area contributed by atoms with Crippen molar-refractivity contribution in [3.8, 4) is 0 Å². The second-order valence-electron chi connectivity index (χ2n) is 11.3. The van der Waals surface area contributed by atoms with Gasteiger partial charge in [-0.15, -0.1) is 0 Å². The first-order valence-corrected chi connectivity index (χ1v) is 17.9. The summed E-state index contributed by atoms with van der Waals surface area (Å²) in [5.74, 6) is 0. The highest BCUT2D eigenvalue weighted by Crippen LogP contribution is 2.32. The fraction of sp³-hybridized carbons (Fsp3) is 0.0263. The number of rotatable bonds is 9. The topological polar surface area (TPSA) is 145 Å². The lowest BCUT2D eigenvalue weighted by molar-refractivity contribution is 0.481. The highest BCUT2D eigenvalue weighted by atomic mass is 32.2. The van der Waals surface area contributed by atoms with Gasteiger partial charge in [-0.2, -0.15) is 16.8 Å². The van der Waals surface area contributed by atoms with Crippen molar-refractivity contribution in [1.82, 2.24) is 0 Å². The third-order valence-corrected chi connectivity index (χ3v) is 9.41. The van der Waals surface area contributed by atoms with Gasteiger partial charge < -0.3 is 10.6 Å². The van der Waals surface area contributed by atoms with Gasteiger partial charge in [-0.05, 0) is 126 Å². The van der Waals surface area contributed by atoms with Gasteiger partial charge in [0.15, 0.2) is 0 Å². The zero-order valence-electron chi connectivity index (χ0n) is 26.1. The molecule has 246 valence electrons. The third kappa shape index (κ3) is 8.47. The predicted molar refractivity (Wildman–Crippen MR) is 195 cm³/mol. The molecule has 0 heterocycles. The minimum Gasteiger partial charge on any atom is -0.356 e. The van der Waals surface area contributed by atoms with E-state index >= 15 is 0 Å². The summed E-state index contributed by atoms with van der Waals surface area (Å²) in [6, 6.07) is 35.7. The molecule has 0 saturated heterocycles. The van der Waals surface area contributed by atoms with Gasteiger partial charge in [0.2, 0.25) is 0 Å². The Kier molecular flexibility index (Phi) is 9.43. The highest BCUT2D eigenvalue weighted by Gasteiger charge is 2.14. The summed E-state index contributed by atoms with van der Waals surface area (Å²) in [7, 11) is -8.56. The van der Waals surface area contributed by atoms with Crippen molar-refractivity contribution in [2.45, 2.75) is 16.7 Å². The highest BCUT2D eigenvalue weighted by molar-refractivity contribution is 7.86. The number of anilines is 4. The molecule has 0 fully saturated rings. The smallest absolute Gasteiger partial charge is 0.294 e. The lowest BCUT2D eigenvalue weighted by atomic mass is 9.90. The molecule has 0 aromatic heterocycles. The first-order valence-electron chi connectivity index (χ1n) is 15.1. The Hall–Kier alpha value is -5.59. The van der Waals surface area contributed by atoms with E-state index in [1.807, 2.05) is 79.8 Å². The van der Waals surface area contributed by atoms with Crippen LogP contribution < -0.4 is 10.6 Å². The fourth-order valence-electron chi connectivity index (χ4n) is 5.17. The first-order chi connectivity index (χ1) is 23.4. The summed E-state index contributed by atoms with van der Waals surface area (Å²) in [6.07, 6.45) is 7.71. The Morgan fingerprint density at radius 3 is 1.29 bits per heavy atom. The van der Waals surface area contributed by atoms with Crippen LogP contribution in [0.15, 0.2) is 166 Å². The van der Waals surface area contributed by atoms with Crippen LogP contribution >= 0.6 is 0 Å². The lowest BCUT2D eigenvalue weighted by Gasteiger charge is -2.16. The van der Waals surface area contributed by atoms with E-state index in [-0.39, 0.29) is 9.79 Å². The summed E-state index contributed by atoms with van der Waals surface area (Å²) in [5, 5.41) is 6.69. The number of allylic oxidation sites excluding steroid dienone is 5. The molecule has 1 aliphatic rings. The Bertz CT molecular complexity index is 2310. The van der Waals surface area contributed by atoms with E-state index in [0.29, 0.717) is 17.1 Å². The molecular formula is C38H31N3O6S2. The van der Waals surface area contributed by atoms with Crippen LogP contribution in [0.4, 0.5) is 28.4 Å². The van der Waals surface area contributed by atoms with Crippen molar-refractivity contribution >= 4 is 60.0 Å². The zero-order valence-corrected chi connectivity index (χ0v) is 27.8. The molecular weight excluding hydrogens is 659 g/mol. The van der Waals surface area contributed by atoms with Crippen molar-refractivity contribution in [1.29, 1.82) is 0 Å². The molecule has 5 aromatic rings. The van der Waals surface area contributed by atoms with Crippen LogP contribution in [-0.4, -0.2) is 31.7 Å². The van der Waals surface area contributed by atoms with Crippen LogP contribution in [-0.2, 0) is 20.2 Å². The minimum atomic E-state index is -4.29. The number of hydrogen-bond donors (Lipinski definition) is 4. The van der Waals surface area contributed by atoms with E-state index in [1.54, 1.807) is 12.1 Å². The third-order valence-electron chi connectivity index (χ3n) is 7.68. The quantitative estimate of drug-likeness (QED) is 0.113. The molecule has 0 amide bonds. The molecule has 11 heteroatoms. The molecule has 0 spiro atoms. The molecule has 0 unspecified atom stereocenters. The van der Waals surface area contributed by atoms with Crippen molar-refractivity contribution < 1.29 is 25.9 Å². The lowest BCUT2D eigenvalue weighted by Crippen LogP contribution is -1.99. The van der Waals surface area contributed by atoms with E-state index < -0.39 is 20.2 Å². The second-order valence-corrected chi connectivity index (χ2v) is 14.1. The first kappa shape index (κ1) is 33.3. The van der Waals surface area contributed by atoms with Crippen molar-refractivity contribution in [2.24, 2.45) is 4.99 Å². The van der Waals surface area contributed by atoms with Crippen molar-refractivity contribution in [3.63, 3.8) is 0 Å². The molecule has 1 aliphatic carbocycles. The Morgan fingerprint density at radius 1 is 0.510 bits per heavy atom. The number of aliphatic imine (C=N–C) groups is 1. The summed E-state index contributed by atoms with van der Waals surface area (Å²) in [6.45, 7) is 2.05. The molecule has 0 aliphatic heterocycles. The summed E-state index contributed by atoms with van der Waals surface area (Å²) in [5.41, 5.74) is 9.64. The van der Waals surface area contributed by atoms with Gasteiger partial charge in [0, 0.05) is 22.7 Å². The average molecular weight is 690 g/mol. The van der Waals surface area contributed by atoms with Gasteiger partial charge in [-0.3, -0.25) is 9.11 Å². The van der Waals surface area contributed by atoms with Crippen molar-refractivity contribution in [3.05, 3.63) is 168 Å². The van der Waals surface area contributed by atoms with E-state index in [1.165, 1.54) is 42.0 Å². The number of nitrogens with zero attached hydrogens (tertiary/aromatic N) is 1. The minimum absolute atomic E-state index is 0.179. The van der Waals surface area contributed by atoms with Crippen LogP contribution in [0.5, 0.6) is 0 Å². The molecule has 0 radical (unpaired) electrons. The maximum absolute atomic E-state index is 11.4. The van der Waals surface area contributed by atoms with E-state index in [9.17, 15) is 25.9 Å². The maximum atomic E-state index is 11.4. The monoisotopic (exact) mass is 689 g/mol. The number of benzene rings is 5. The fourth-order valence-corrected chi connectivity index (χ4v) is 6.13. The number of nitrogens with one attached hydrogen (secondary N) is 2. The molecule has 6 rings (SSSR count). The summed E-state index contributed by atoms with van der Waals surface area (Å²) < 4.78 is 64.1. The summed E-state index contributed by atoms with van der Waals surface area (Å²) >= 11 is 0. The molecule has 0 bridgehead atoms. The van der Waals surface area contributed by atoms with Crippen LogP contribution in [0, 0.1) is 6.92 Å². The van der Waals surface area contributed by atoms with Crippen LogP contribution in [0.3, 0.4) is 0 Å². The average Bonchev–Trinajstić information content (AvgIpc) is 3.08. The Balaban J connectivity index is 1.29. The normalized spacial score (nSPS) is 12.9. The van der Waals surface area contributed by atoms with Gasteiger partial charge in [-0.1, -0.05) is 54.1 Å². The van der Waals surface area contributed by atoms with E-state index in [2.05, 4.69) is 39.9 Å². The standard InChI is InChI=1S/C38H31N3O6S2/c1-26-2-10-30(11-3-26)39-31-12-4-27(5-13-31)38(28-6-14-32(15-7-28)40-34-18-22-36(23-19-34)48(42,43)44)29-8-16-33(17-9-29)41-35-20-24-37(25-21-35)49(45,46)47/h2-25,39-40H,1H3,(H,42,43,44)(H,45,46,47). The van der Waals surface area contributed by atoms with Crippen LogP contribution in [0.25, 0.3) is 5.57 Å². The molecule has 0 atom stereocenters. The zero-order chi connectivity index (χ0) is 34.6. The molecule has 0 saturated carbocycles. The molecule has 4 N–H and O–H groups in total. The van der Waals surface area contributed by atoms with Gasteiger partial charge >= 0.3 is 0 Å². The van der Waals surface area contributed by atoms with E-state index in [0.717, 1.165) is 39.3 Å². The van der Waals surface area contributed by atoms with Gasteiger partial charge in [-0.25, -0.2) is 4.99 Å².